The lowest BCUT2D eigenvalue weighted by molar-refractivity contribution is -0.139. The van der Waals surface area contributed by atoms with Crippen LogP contribution in [0.15, 0.2) is 42.6 Å². The second kappa shape index (κ2) is 8.64. The molecular formula is C23H30N4O2. The summed E-state index contributed by atoms with van der Waals surface area (Å²) in [6.45, 7) is 10.9. The topological polar surface area (TPSA) is 65.5 Å². The third-order valence-electron chi connectivity index (χ3n) is 5.07. The largest absolute Gasteiger partial charge is 0.355 e. The Morgan fingerprint density at radius 1 is 0.966 bits per heavy atom. The van der Waals surface area contributed by atoms with E-state index in [1.54, 1.807) is 12.3 Å². The number of carbonyl (C=O) groups excluding carboxylic acids is 2. The number of aromatic nitrogens is 1. The van der Waals surface area contributed by atoms with Gasteiger partial charge in [0.25, 0.3) is 5.91 Å². The van der Waals surface area contributed by atoms with Crippen molar-refractivity contribution in [3.63, 3.8) is 0 Å². The number of nitrogens with zero attached hydrogens (tertiary/aromatic N) is 3. The summed E-state index contributed by atoms with van der Waals surface area (Å²) < 4.78 is 0. The zero-order chi connectivity index (χ0) is 21.0. The Morgan fingerprint density at radius 3 is 2.31 bits per heavy atom. The minimum absolute atomic E-state index is 0.175. The second-order valence-corrected chi connectivity index (χ2v) is 8.61. The number of anilines is 2. The van der Waals surface area contributed by atoms with Crippen molar-refractivity contribution in [2.45, 2.75) is 34.1 Å². The van der Waals surface area contributed by atoms with Crippen LogP contribution in [0.4, 0.5) is 11.5 Å². The van der Waals surface area contributed by atoms with Crippen molar-refractivity contribution in [3.05, 3.63) is 53.7 Å². The van der Waals surface area contributed by atoms with Gasteiger partial charge in [-0.05, 0) is 37.6 Å². The van der Waals surface area contributed by atoms with E-state index >= 15 is 0 Å². The van der Waals surface area contributed by atoms with Crippen molar-refractivity contribution < 1.29 is 9.59 Å². The van der Waals surface area contributed by atoms with Gasteiger partial charge in [0.05, 0.1) is 5.56 Å². The predicted octanol–water partition coefficient (Wildman–Crippen LogP) is 3.73. The number of hydrogen-bond acceptors (Lipinski definition) is 4. The number of aryl methyl sites for hydroxylation is 1. The Balaban J connectivity index is 1.61. The minimum atomic E-state index is -0.361. The highest BCUT2D eigenvalue weighted by Gasteiger charge is 2.28. The van der Waals surface area contributed by atoms with Crippen LogP contribution in [0.1, 0.15) is 43.1 Å². The molecule has 0 aliphatic carbocycles. The number of benzene rings is 1. The molecule has 1 N–H and O–H groups in total. The molecule has 1 fully saturated rings. The zero-order valence-electron chi connectivity index (χ0n) is 17.7. The highest BCUT2D eigenvalue weighted by molar-refractivity contribution is 6.04. The van der Waals surface area contributed by atoms with Gasteiger partial charge < -0.3 is 15.1 Å². The molecule has 1 aliphatic rings. The molecule has 3 rings (SSSR count). The van der Waals surface area contributed by atoms with Crippen molar-refractivity contribution in [2.75, 3.05) is 36.4 Å². The number of hydrogen-bond donors (Lipinski definition) is 1. The van der Waals surface area contributed by atoms with E-state index in [0.29, 0.717) is 12.1 Å². The molecule has 1 aromatic carbocycles. The fraction of sp³-hybridized carbons (Fsp3) is 0.435. The van der Waals surface area contributed by atoms with E-state index in [1.807, 2.05) is 62.9 Å². The maximum atomic E-state index is 12.6. The maximum absolute atomic E-state index is 12.6. The van der Waals surface area contributed by atoms with Crippen LogP contribution in [0.2, 0.25) is 0 Å². The molecule has 0 saturated carbocycles. The van der Waals surface area contributed by atoms with Gasteiger partial charge in [-0.1, -0.05) is 38.5 Å². The molecule has 1 saturated heterocycles. The molecule has 0 atom stereocenters. The van der Waals surface area contributed by atoms with Gasteiger partial charge >= 0.3 is 0 Å². The molecule has 1 aliphatic heterocycles. The smallest absolute Gasteiger partial charge is 0.257 e. The van der Waals surface area contributed by atoms with Crippen molar-refractivity contribution in [1.82, 2.24) is 9.88 Å². The first-order valence-corrected chi connectivity index (χ1v) is 10.1. The molecule has 0 spiro atoms. The van der Waals surface area contributed by atoms with E-state index in [2.05, 4.69) is 15.2 Å². The van der Waals surface area contributed by atoms with Gasteiger partial charge in [-0.15, -0.1) is 0 Å². The lowest BCUT2D eigenvalue weighted by Crippen LogP contribution is -2.41. The van der Waals surface area contributed by atoms with Gasteiger partial charge in [0.1, 0.15) is 5.82 Å². The molecule has 6 nitrogen and oxygen atoms in total. The fourth-order valence-electron chi connectivity index (χ4n) is 3.37. The van der Waals surface area contributed by atoms with Gasteiger partial charge in [-0.25, -0.2) is 4.98 Å². The molecule has 6 heteroatoms. The summed E-state index contributed by atoms with van der Waals surface area (Å²) in [4.78, 5) is 33.6. The Labute approximate surface area is 172 Å². The van der Waals surface area contributed by atoms with Crippen molar-refractivity contribution in [1.29, 1.82) is 0 Å². The van der Waals surface area contributed by atoms with Crippen molar-refractivity contribution >= 4 is 23.3 Å². The molecule has 154 valence electrons. The van der Waals surface area contributed by atoms with Crippen LogP contribution in [-0.2, 0) is 4.79 Å². The van der Waals surface area contributed by atoms with Crippen LogP contribution in [0, 0.1) is 12.3 Å². The maximum Gasteiger partial charge on any atom is 0.257 e. The molecule has 29 heavy (non-hydrogen) atoms. The lowest BCUT2D eigenvalue weighted by Gasteiger charge is -2.28. The summed E-state index contributed by atoms with van der Waals surface area (Å²) in [5.41, 5.74) is 2.07. The molecular weight excluding hydrogens is 364 g/mol. The monoisotopic (exact) mass is 394 g/mol. The molecule has 0 bridgehead atoms. The van der Waals surface area contributed by atoms with E-state index in [9.17, 15) is 9.59 Å². The molecule has 2 heterocycles. The number of rotatable bonds is 3. The number of amides is 2. The zero-order valence-corrected chi connectivity index (χ0v) is 17.7. The average molecular weight is 395 g/mol. The van der Waals surface area contributed by atoms with Gasteiger partial charge in [0, 0.05) is 43.5 Å². The highest BCUT2D eigenvalue weighted by Crippen LogP contribution is 2.20. The van der Waals surface area contributed by atoms with Crippen LogP contribution in [0.3, 0.4) is 0 Å². The summed E-state index contributed by atoms with van der Waals surface area (Å²) in [5.74, 6) is 0.850. The highest BCUT2D eigenvalue weighted by atomic mass is 16.2. The summed E-state index contributed by atoms with van der Waals surface area (Å²) in [7, 11) is 0. The second-order valence-electron chi connectivity index (χ2n) is 8.61. The van der Waals surface area contributed by atoms with E-state index in [4.69, 9.17) is 0 Å². The van der Waals surface area contributed by atoms with Crippen molar-refractivity contribution in [3.8, 4) is 0 Å². The first-order chi connectivity index (χ1) is 13.7. The van der Waals surface area contributed by atoms with Crippen LogP contribution < -0.4 is 10.2 Å². The molecule has 0 unspecified atom stereocenters. The summed E-state index contributed by atoms with van der Waals surface area (Å²) in [6, 6.07) is 11.4. The predicted molar refractivity (Wildman–Crippen MR) is 116 cm³/mol. The van der Waals surface area contributed by atoms with Gasteiger partial charge in [0.2, 0.25) is 5.91 Å². The summed E-state index contributed by atoms with van der Waals surface area (Å²) in [5, 5.41) is 2.89. The number of nitrogens with one attached hydrogen (secondary N) is 1. The minimum Gasteiger partial charge on any atom is -0.355 e. The van der Waals surface area contributed by atoms with Gasteiger partial charge in [-0.3, -0.25) is 9.59 Å². The Hall–Kier alpha value is -2.89. The third kappa shape index (κ3) is 5.34. The lowest BCUT2D eigenvalue weighted by atomic mass is 9.94. The average Bonchev–Trinajstić information content (AvgIpc) is 2.94. The summed E-state index contributed by atoms with van der Waals surface area (Å²) in [6.07, 6.45) is 2.51. The quantitative estimate of drug-likeness (QED) is 0.862. The fourth-order valence-corrected chi connectivity index (χ4v) is 3.37. The molecule has 2 amide bonds. The summed E-state index contributed by atoms with van der Waals surface area (Å²) >= 11 is 0. The van der Waals surface area contributed by atoms with Crippen LogP contribution in [0.25, 0.3) is 0 Å². The van der Waals surface area contributed by atoms with Crippen molar-refractivity contribution in [2.24, 2.45) is 5.41 Å². The van der Waals surface area contributed by atoms with Crippen LogP contribution in [0.5, 0.6) is 0 Å². The number of pyridine rings is 1. The molecule has 0 radical (unpaired) electrons. The van der Waals surface area contributed by atoms with E-state index in [0.717, 1.165) is 43.1 Å². The Bertz CT molecular complexity index is 854. The van der Waals surface area contributed by atoms with Crippen LogP contribution >= 0.6 is 0 Å². The molecule has 1 aromatic heterocycles. The third-order valence-corrected chi connectivity index (χ3v) is 5.07. The van der Waals surface area contributed by atoms with E-state index in [-0.39, 0.29) is 17.2 Å². The van der Waals surface area contributed by atoms with Gasteiger partial charge in [-0.2, -0.15) is 0 Å². The first kappa shape index (κ1) is 20.8. The SMILES string of the molecule is Cc1ccc(NC(=O)c2ccc(N3CCCN(C(=O)C(C)(C)C)CC3)nc2)cc1. The van der Waals surface area contributed by atoms with E-state index < -0.39 is 0 Å². The first-order valence-electron chi connectivity index (χ1n) is 10.1. The number of carbonyl (C=O) groups is 2. The normalized spacial score (nSPS) is 15.0. The van der Waals surface area contributed by atoms with E-state index in [1.165, 1.54) is 0 Å². The molecule has 2 aromatic rings. The van der Waals surface area contributed by atoms with Crippen LogP contribution in [-0.4, -0.2) is 47.9 Å². The Morgan fingerprint density at radius 2 is 1.69 bits per heavy atom. The standard InChI is InChI=1S/C23H30N4O2/c1-17-6-9-19(10-7-17)25-21(28)18-8-11-20(24-16-18)26-12-5-13-27(15-14-26)22(29)23(2,3)4/h6-11,16H,5,12-15H2,1-4H3,(H,25,28). The van der Waals surface area contributed by atoms with Gasteiger partial charge in [0.15, 0.2) is 0 Å². The Kier molecular flexibility index (Phi) is 6.20.